The Balaban J connectivity index is 1.84. The Morgan fingerprint density at radius 2 is 1.96 bits per heavy atom. The van der Waals surface area contributed by atoms with Gasteiger partial charge in [0, 0.05) is 30.3 Å². The van der Waals surface area contributed by atoms with Crippen molar-refractivity contribution in [3.05, 3.63) is 29.3 Å². The van der Waals surface area contributed by atoms with E-state index < -0.39 is 5.91 Å². The molecular weight excluding hydrogens is 296 g/mol. The fourth-order valence-electron chi connectivity index (χ4n) is 3.25. The van der Waals surface area contributed by atoms with Crippen LogP contribution in [0.25, 0.3) is 0 Å². The van der Waals surface area contributed by atoms with Crippen molar-refractivity contribution < 1.29 is 19.1 Å². The summed E-state index contributed by atoms with van der Waals surface area (Å²) in [7, 11) is 0. The summed E-state index contributed by atoms with van der Waals surface area (Å²) >= 11 is 0. The summed E-state index contributed by atoms with van der Waals surface area (Å²) in [5.41, 5.74) is 6.65. The highest BCUT2D eigenvalue weighted by molar-refractivity contribution is 5.93. The number of ether oxygens (including phenoxy) is 2. The molecule has 2 aliphatic heterocycles. The molecule has 1 unspecified atom stereocenters. The maximum absolute atomic E-state index is 12.8. The predicted molar refractivity (Wildman–Crippen MR) is 84.1 cm³/mol. The highest BCUT2D eigenvalue weighted by atomic mass is 16.5. The van der Waals surface area contributed by atoms with E-state index >= 15 is 0 Å². The van der Waals surface area contributed by atoms with Crippen LogP contribution in [0.5, 0.6) is 5.75 Å². The van der Waals surface area contributed by atoms with Gasteiger partial charge >= 0.3 is 0 Å². The van der Waals surface area contributed by atoms with Crippen LogP contribution < -0.4 is 10.5 Å². The fourth-order valence-corrected chi connectivity index (χ4v) is 3.25. The largest absolute Gasteiger partial charge is 0.491 e. The molecule has 0 bridgehead atoms. The van der Waals surface area contributed by atoms with Gasteiger partial charge in [0.2, 0.25) is 11.8 Å². The van der Waals surface area contributed by atoms with Crippen LogP contribution in [-0.4, -0.2) is 43.1 Å². The van der Waals surface area contributed by atoms with Gasteiger partial charge in [-0.3, -0.25) is 9.59 Å². The molecule has 6 heteroatoms. The van der Waals surface area contributed by atoms with Crippen LogP contribution in [0, 0.1) is 5.92 Å². The number of hydrogen-bond donors (Lipinski definition) is 1. The second kappa shape index (κ2) is 6.58. The van der Waals surface area contributed by atoms with E-state index in [4.69, 9.17) is 15.2 Å². The van der Waals surface area contributed by atoms with Crippen LogP contribution in [-0.2, 0) is 9.53 Å². The molecule has 2 heterocycles. The third-order valence-electron chi connectivity index (χ3n) is 4.66. The monoisotopic (exact) mass is 318 g/mol. The molecule has 0 saturated carbocycles. The van der Waals surface area contributed by atoms with Crippen molar-refractivity contribution in [2.45, 2.75) is 25.8 Å². The van der Waals surface area contributed by atoms with Gasteiger partial charge < -0.3 is 20.1 Å². The number of benzene rings is 1. The van der Waals surface area contributed by atoms with Gasteiger partial charge in [-0.05, 0) is 31.9 Å². The zero-order chi connectivity index (χ0) is 16.4. The molecule has 23 heavy (non-hydrogen) atoms. The van der Waals surface area contributed by atoms with Crippen molar-refractivity contribution in [1.29, 1.82) is 0 Å². The lowest BCUT2D eigenvalue weighted by Crippen LogP contribution is -2.41. The van der Waals surface area contributed by atoms with Gasteiger partial charge in [0.25, 0.3) is 0 Å². The first-order chi connectivity index (χ1) is 11.1. The molecule has 2 N–H and O–H groups in total. The molecule has 6 nitrogen and oxygen atoms in total. The highest BCUT2D eigenvalue weighted by Gasteiger charge is 2.32. The Kier molecular flexibility index (Phi) is 4.52. The van der Waals surface area contributed by atoms with Crippen molar-refractivity contribution >= 4 is 11.8 Å². The molecule has 2 amide bonds. The van der Waals surface area contributed by atoms with Crippen molar-refractivity contribution in [1.82, 2.24) is 4.90 Å². The number of fused-ring (bicyclic) bond motifs is 1. The van der Waals surface area contributed by atoms with Crippen molar-refractivity contribution in [2.75, 3.05) is 26.4 Å². The number of nitrogens with two attached hydrogens (primary N) is 1. The molecule has 124 valence electrons. The second-order valence-electron chi connectivity index (χ2n) is 6.06. The molecular formula is C17H22N2O4. The molecule has 1 aromatic rings. The SMILES string of the molecule is CC1c2ccc(C(N)=O)cc2OCCN1C(=O)C1CCOCC1. The Morgan fingerprint density at radius 3 is 2.65 bits per heavy atom. The van der Waals surface area contributed by atoms with Crippen LogP contribution in [0.4, 0.5) is 0 Å². The molecule has 1 fully saturated rings. The predicted octanol–water partition coefficient (Wildman–Crippen LogP) is 1.49. The molecule has 1 saturated heterocycles. The Labute approximate surface area is 135 Å². The average Bonchev–Trinajstić information content (AvgIpc) is 2.73. The summed E-state index contributed by atoms with van der Waals surface area (Å²) in [6, 6.07) is 5.08. The van der Waals surface area contributed by atoms with E-state index in [2.05, 4.69) is 0 Å². The number of carbonyl (C=O) groups excluding carboxylic acids is 2. The zero-order valence-electron chi connectivity index (χ0n) is 13.3. The zero-order valence-corrected chi connectivity index (χ0v) is 13.3. The summed E-state index contributed by atoms with van der Waals surface area (Å²) in [5.74, 6) is 0.341. The van der Waals surface area contributed by atoms with E-state index in [0.717, 1.165) is 18.4 Å². The van der Waals surface area contributed by atoms with E-state index in [0.29, 0.717) is 37.7 Å². The highest BCUT2D eigenvalue weighted by Crippen LogP contribution is 2.34. The fraction of sp³-hybridized carbons (Fsp3) is 0.529. The lowest BCUT2D eigenvalue weighted by Gasteiger charge is -2.32. The summed E-state index contributed by atoms with van der Waals surface area (Å²) < 4.78 is 11.1. The quantitative estimate of drug-likeness (QED) is 0.896. The van der Waals surface area contributed by atoms with E-state index in [-0.39, 0.29) is 17.9 Å². The standard InChI is InChI=1S/C17H22N2O4/c1-11-14-3-2-13(16(18)20)10-15(14)23-9-6-19(11)17(21)12-4-7-22-8-5-12/h2-3,10-12H,4-9H2,1H3,(H2,18,20). The molecule has 1 aromatic carbocycles. The van der Waals surface area contributed by atoms with Gasteiger partial charge in [-0.2, -0.15) is 0 Å². The summed E-state index contributed by atoms with van der Waals surface area (Å²) in [6.07, 6.45) is 1.55. The molecule has 0 spiro atoms. The first kappa shape index (κ1) is 15.8. The topological polar surface area (TPSA) is 81.9 Å². The number of carbonyl (C=O) groups is 2. The number of nitrogens with zero attached hydrogens (tertiary/aromatic N) is 1. The molecule has 0 aromatic heterocycles. The number of rotatable bonds is 2. The van der Waals surface area contributed by atoms with Crippen LogP contribution in [0.15, 0.2) is 18.2 Å². The minimum absolute atomic E-state index is 0.0256. The number of hydrogen-bond acceptors (Lipinski definition) is 4. The van der Waals surface area contributed by atoms with Crippen LogP contribution in [0.1, 0.15) is 41.7 Å². The summed E-state index contributed by atoms with van der Waals surface area (Å²) in [4.78, 5) is 26.0. The smallest absolute Gasteiger partial charge is 0.248 e. The first-order valence-electron chi connectivity index (χ1n) is 8.02. The van der Waals surface area contributed by atoms with Crippen molar-refractivity contribution in [3.8, 4) is 5.75 Å². The molecule has 0 radical (unpaired) electrons. The molecule has 2 aliphatic rings. The third-order valence-corrected chi connectivity index (χ3v) is 4.66. The summed E-state index contributed by atoms with van der Waals surface area (Å²) in [5, 5.41) is 0. The molecule has 3 rings (SSSR count). The van der Waals surface area contributed by atoms with Crippen molar-refractivity contribution in [2.24, 2.45) is 11.7 Å². The van der Waals surface area contributed by atoms with Gasteiger partial charge in [0.05, 0.1) is 12.6 Å². The molecule has 0 aliphatic carbocycles. The maximum Gasteiger partial charge on any atom is 0.248 e. The van der Waals surface area contributed by atoms with E-state index in [1.807, 2.05) is 17.9 Å². The van der Waals surface area contributed by atoms with Crippen LogP contribution in [0.3, 0.4) is 0 Å². The minimum Gasteiger partial charge on any atom is -0.491 e. The normalized spacial score (nSPS) is 22.0. The minimum atomic E-state index is -0.483. The van der Waals surface area contributed by atoms with E-state index in [1.54, 1.807) is 12.1 Å². The van der Waals surface area contributed by atoms with Crippen molar-refractivity contribution in [3.63, 3.8) is 0 Å². The van der Waals surface area contributed by atoms with Gasteiger partial charge in [0.1, 0.15) is 12.4 Å². The van der Waals surface area contributed by atoms with Gasteiger partial charge in [-0.25, -0.2) is 0 Å². The lowest BCUT2D eigenvalue weighted by molar-refractivity contribution is -0.140. The second-order valence-corrected chi connectivity index (χ2v) is 6.06. The molecule has 1 atom stereocenters. The third kappa shape index (κ3) is 3.17. The average molecular weight is 318 g/mol. The summed E-state index contributed by atoms with van der Waals surface area (Å²) in [6.45, 7) is 4.24. The van der Waals surface area contributed by atoms with Gasteiger partial charge in [-0.1, -0.05) is 6.07 Å². The van der Waals surface area contributed by atoms with Crippen LogP contribution in [0.2, 0.25) is 0 Å². The van der Waals surface area contributed by atoms with Crippen LogP contribution >= 0.6 is 0 Å². The number of amides is 2. The Bertz CT molecular complexity index is 611. The lowest BCUT2D eigenvalue weighted by atomic mass is 9.96. The van der Waals surface area contributed by atoms with Gasteiger partial charge in [-0.15, -0.1) is 0 Å². The first-order valence-corrected chi connectivity index (χ1v) is 8.02. The number of primary amides is 1. The Morgan fingerprint density at radius 1 is 1.22 bits per heavy atom. The van der Waals surface area contributed by atoms with Gasteiger partial charge in [0.15, 0.2) is 0 Å². The van der Waals surface area contributed by atoms with E-state index in [9.17, 15) is 9.59 Å². The Hall–Kier alpha value is -2.08. The maximum atomic E-state index is 12.8. The van der Waals surface area contributed by atoms with E-state index in [1.165, 1.54) is 0 Å².